The molecular weight excluding hydrogens is 456 g/mol. The molecule has 1 unspecified atom stereocenters. The van der Waals surface area contributed by atoms with Crippen molar-refractivity contribution in [3.8, 4) is 11.5 Å². The number of nitrogens with zero attached hydrogens (tertiary/aromatic N) is 1. The largest absolute Gasteiger partial charge is 0.466 e. The number of para-hydroxylation sites is 1. The number of esters is 2. The molecule has 0 aliphatic carbocycles. The molecule has 1 aromatic heterocycles. The van der Waals surface area contributed by atoms with E-state index < -0.39 is 17.9 Å². The predicted octanol–water partition coefficient (Wildman–Crippen LogP) is 3.56. The number of ether oxygens (including phenoxy) is 4. The van der Waals surface area contributed by atoms with Gasteiger partial charge in [-0.1, -0.05) is 18.2 Å². The number of rotatable bonds is 8. The molecule has 8 nitrogen and oxygen atoms in total. The van der Waals surface area contributed by atoms with Crippen LogP contribution in [0, 0.1) is 0 Å². The van der Waals surface area contributed by atoms with E-state index in [0.29, 0.717) is 46.1 Å². The molecule has 180 valence electrons. The van der Waals surface area contributed by atoms with Gasteiger partial charge in [-0.3, -0.25) is 4.90 Å². The van der Waals surface area contributed by atoms with Crippen molar-refractivity contribution in [1.82, 2.24) is 10.2 Å². The maximum atomic E-state index is 13.4. The van der Waals surface area contributed by atoms with Gasteiger partial charge in [0.15, 0.2) is 11.5 Å². The highest BCUT2D eigenvalue weighted by Gasteiger charge is 2.40. The van der Waals surface area contributed by atoms with Crippen LogP contribution in [0.15, 0.2) is 58.3 Å². The van der Waals surface area contributed by atoms with Gasteiger partial charge in [0.2, 0.25) is 6.79 Å². The molecule has 0 fully saturated rings. The third-order valence-electron chi connectivity index (χ3n) is 5.84. The third kappa shape index (κ3) is 4.80. The second-order valence-electron chi connectivity index (χ2n) is 8.16. The lowest BCUT2D eigenvalue weighted by Gasteiger charge is -2.30. The molecule has 2 aliphatic heterocycles. The summed E-state index contributed by atoms with van der Waals surface area (Å²) in [4.78, 5) is 29.5. The average molecular weight is 485 g/mol. The Morgan fingerprint density at radius 2 is 1.88 bits per heavy atom. The van der Waals surface area contributed by atoms with Gasteiger partial charge in [-0.05, 0) is 38.4 Å². The maximum absolute atomic E-state index is 13.4. The molecule has 4 rings (SSSR count). The first-order valence-electron chi connectivity index (χ1n) is 10.9. The number of likely N-dealkylation sites (N-methyl/N-ethyl adjacent to an activating group) is 1. The minimum atomic E-state index is -0.721. The molecule has 0 spiro atoms. The molecule has 9 heteroatoms. The van der Waals surface area contributed by atoms with Crippen molar-refractivity contribution in [1.29, 1.82) is 0 Å². The van der Waals surface area contributed by atoms with Crippen LogP contribution in [-0.2, 0) is 25.6 Å². The van der Waals surface area contributed by atoms with Gasteiger partial charge in [-0.15, -0.1) is 11.3 Å². The lowest BCUT2D eigenvalue weighted by Crippen LogP contribution is -2.33. The number of fused-ring (bicyclic) bond motifs is 1. The lowest BCUT2D eigenvalue weighted by atomic mass is 9.80. The summed E-state index contributed by atoms with van der Waals surface area (Å²) in [5.41, 5.74) is 2.55. The van der Waals surface area contributed by atoms with Crippen molar-refractivity contribution in [2.75, 3.05) is 34.1 Å². The van der Waals surface area contributed by atoms with Crippen LogP contribution in [0.4, 0.5) is 0 Å². The molecular formula is C25H28N2O6S. The zero-order valence-electron chi connectivity index (χ0n) is 19.7. The topological polar surface area (TPSA) is 86.3 Å². The number of methoxy groups -OCH3 is 1. The molecule has 3 heterocycles. The molecule has 0 amide bonds. The highest BCUT2D eigenvalue weighted by molar-refractivity contribution is 7.09. The van der Waals surface area contributed by atoms with Crippen molar-refractivity contribution >= 4 is 23.3 Å². The lowest BCUT2D eigenvalue weighted by molar-refractivity contribution is -0.139. The van der Waals surface area contributed by atoms with E-state index in [0.717, 1.165) is 6.54 Å². The first kappa shape index (κ1) is 23.8. The molecule has 1 aromatic carbocycles. The van der Waals surface area contributed by atoms with Crippen molar-refractivity contribution < 1.29 is 28.5 Å². The quantitative estimate of drug-likeness (QED) is 0.570. The average Bonchev–Trinajstić information content (AvgIpc) is 3.49. The van der Waals surface area contributed by atoms with Gasteiger partial charge in [0.25, 0.3) is 0 Å². The van der Waals surface area contributed by atoms with Gasteiger partial charge in [0.1, 0.15) is 6.61 Å². The number of thiophene rings is 1. The Hall–Kier alpha value is -3.30. The van der Waals surface area contributed by atoms with Crippen LogP contribution in [0.1, 0.15) is 30.2 Å². The maximum Gasteiger partial charge on any atom is 0.336 e. The smallest absolute Gasteiger partial charge is 0.336 e. The second-order valence-corrected chi connectivity index (χ2v) is 9.19. The fraction of sp³-hybridized carbons (Fsp3) is 0.360. The van der Waals surface area contributed by atoms with Crippen molar-refractivity contribution in [2.24, 2.45) is 0 Å². The number of nitrogens with one attached hydrogen (secondary N) is 1. The highest BCUT2D eigenvalue weighted by Crippen LogP contribution is 2.47. The Bertz CT molecular complexity index is 1140. The first-order valence-corrected chi connectivity index (χ1v) is 11.8. The summed E-state index contributed by atoms with van der Waals surface area (Å²) in [7, 11) is 3.30. The van der Waals surface area contributed by atoms with Gasteiger partial charge < -0.3 is 24.3 Å². The predicted molar refractivity (Wildman–Crippen MR) is 127 cm³/mol. The molecule has 34 heavy (non-hydrogen) atoms. The Kier molecular flexibility index (Phi) is 7.23. The second kappa shape index (κ2) is 10.3. The number of hydrogen-bond donors (Lipinski definition) is 1. The number of carbonyl (C=O) groups excluding carboxylic acids is 2. The fourth-order valence-corrected chi connectivity index (χ4v) is 5.04. The summed E-state index contributed by atoms with van der Waals surface area (Å²) in [5, 5.41) is 5.19. The van der Waals surface area contributed by atoms with Crippen LogP contribution in [0.5, 0.6) is 11.5 Å². The van der Waals surface area contributed by atoms with Crippen LogP contribution in [0.2, 0.25) is 0 Å². The van der Waals surface area contributed by atoms with E-state index >= 15 is 0 Å². The normalized spacial score (nSPS) is 17.1. The van der Waals surface area contributed by atoms with E-state index in [-0.39, 0.29) is 13.4 Å². The molecule has 2 aromatic rings. The van der Waals surface area contributed by atoms with Crippen molar-refractivity contribution in [2.45, 2.75) is 26.3 Å². The van der Waals surface area contributed by atoms with E-state index in [1.54, 1.807) is 31.3 Å². The molecule has 0 bridgehead atoms. The Labute approximate surface area is 202 Å². The number of carbonyl (C=O) groups is 2. The summed E-state index contributed by atoms with van der Waals surface area (Å²) in [6, 6.07) is 9.52. The van der Waals surface area contributed by atoms with Crippen LogP contribution in [0.25, 0.3) is 0 Å². The van der Waals surface area contributed by atoms with Crippen molar-refractivity contribution in [3.63, 3.8) is 0 Å². The van der Waals surface area contributed by atoms with Gasteiger partial charge in [0, 0.05) is 34.9 Å². The molecule has 0 radical (unpaired) electrons. The Morgan fingerprint density at radius 1 is 1.12 bits per heavy atom. The standard InChI is InChI=1S/C25H28N2O6S/c1-15-20(24(28)30-4)22(18-8-5-9-19-23(18)33-14-32-19)21(16(2)26-15)25(29)31-11-10-27(3)13-17-7-6-12-34-17/h5-9,12,22,26H,10-11,13-14H2,1-4H3. The van der Waals surface area contributed by atoms with E-state index in [2.05, 4.69) is 16.3 Å². The molecule has 1 N–H and O–H groups in total. The van der Waals surface area contributed by atoms with Crippen LogP contribution < -0.4 is 14.8 Å². The zero-order chi connectivity index (χ0) is 24.2. The number of dihydropyridines is 1. The molecule has 1 atom stereocenters. The minimum absolute atomic E-state index is 0.0760. The SMILES string of the molecule is COC(=O)C1=C(C)NC(C)=C(C(=O)OCCN(C)Cc2cccs2)C1c1cccc2c1OCO2. The van der Waals surface area contributed by atoms with Gasteiger partial charge in [-0.25, -0.2) is 9.59 Å². The number of hydrogen-bond acceptors (Lipinski definition) is 9. The van der Waals surface area contributed by atoms with Gasteiger partial charge in [0.05, 0.1) is 24.2 Å². The van der Waals surface area contributed by atoms with Gasteiger partial charge in [-0.2, -0.15) is 0 Å². The molecule has 2 aliphatic rings. The van der Waals surface area contributed by atoms with Crippen molar-refractivity contribution in [3.05, 3.63) is 68.7 Å². The van der Waals surface area contributed by atoms with E-state index in [1.165, 1.54) is 12.0 Å². The Morgan fingerprint density at radius 3 is 2.59 bits per heavy atom. The summed E-state index contributed by atoms with van der Waals surface area (Å²) in [6.45, 7) is 5.22. The number of benzene rings is 1. The first-order chi connectivity index (χ1) is 16.4. The Balaban J connectivity index is 1.59. The summed E-state index contributed by atoms with van der Waals surface area (Å²) in [5.74, 6) is -0.664. The van der Waals surface area contributed by atoms with E-state index in [1.807, 2.05) is 30.6 Å². The van der Waals surface area contributed by atoms with Crippen LogP contribution in [-0.4, -0.2) is 50.9 Å². The highest BCUT2D eigenvalue weighted by atomic mass is 32.1. The minimum Gasteiger partial charge on any atom is -0.466 e. The fourth-order valence-electron chi connectivity index (χ4n) is 4.26. The number of allylic oxidation sites excluding steroid dienone is 2. The molecule has 0 saturated heterocycles. The van der Waals surface area contributed by atoms with E-state index in [4.69, 9.17) is 18.9 Å². The summed E-state index contributed by atoms with van der Waals surface area (Å²) >= 11 is 1.69. The van der Waals surface area contributed by atoms with E-state index in [9.17, 15) is 9.59 Å². The monoisotopic (exact) mass is 484 g/mol. The zero-order valence-corrected chi connectivity index (χ0v) is 20.5. The van der Waals surface area contributed by atoms with Crippen LogP contribution in [0.3, 0.4) is 0 Å². The van der Waals surface area contributed by atoms with Gasteiger partial charge >= 0.3 is 11.9 Å². The summed E-state index contributed by atoms with van der Waals surface area (Å²) < 4.78 is 22.0. The third-order valence-corrected chi connectivity index (χ3v) is 6.70. The molecule has 0 saturated carbocycles. The van der Waals surface area contributed by atoms with Crippen LogP contribution >= 0.6 is 11.3 Å². The summed E-state index contributed by atoms with van der Waals surface area (Å²) in [6.07, 6.45) is 0.